The Morgan fingerprint density at radius 1 is 0.818 bits per heavy atom. The number of benzene rings is 1. The van der Waals surface area contributed by atoms with Crippen LogP contribution in [0.3, 0.4) is 0 Å². The number of piperidine rings is 1. The van der Waals surface area contributed by atoms with Gasteiger partial charge < -0.3 is 24.6 Å². The maximum Gasteiger partial charge on any atom is 0.270 e. The summed E-state index contributed by atoms with van der Waals surface area (Å²) < 4.78 is 2.13. The molecule has 0 bridgehead atoms. The lowest BCUT2D eigenvalue weighted by Gasteiger charge is -2.38. The van der Waals surface area contributed by atoms with Gasteiger partial charge in [0.2, 0.25) is 17.8 Å². The summed E-state index contributed by atoms with van der Waals surface area (Å²) in [5.74, 6) is 0.556. The van der Waals surface area contributed by atoms with E-state index >= 15 is 0 Å². The lowest BCUT2D eigenvalue weighted by atomic mass is 9.90. The van der Waals surface area contributed by atoms with E-state index in [9.17, 15) is 14.4 Å². The van der Waals surface area contributed by atoms with Gasteiger partial charge in [-0.2, -0.15) is 4.98 Å². The van der Waals surface area contributed by atoms with Gasteiger partial charge in [-0.05, 0) is 74.7 Å². The van der Waals surface area contributed by atoms with Gasteiger partial charge in [0.25, 0.3) is 5.91 Å². The van der Waals surface area contributed by atoms with Crippen LogP contribution in [0.1, 0.15) is 73.0 Å². The Morgan fingerprint density at radius 2 is 1.47 bits per heavy atom. The summed E-state index contributed by atoms with van der Waals surface area (Å²) in [6.07, 6.45) is 10.3. The Kier molecular flexibility index (Phi) is 11.0. The summed E-state index contributed by atoms with van der Waals surface area (Å²) in [6, 6.07) is 14.6. The van der Waals surface area contributed by atoms with Gasteiger partial charge >= 0.3 is 0 Å². The molecule has 1 unspecified atom stereocenters. The molecule has 2 N–H and O–H groups in total. The highest BCUT2D eigenvalue weighted by Crippen LogP contribution is 2.35. The first kappa shape index (κ1) is 36.9. The highest BCUT2D eigenvalue weighted by molar-refractivity contribution is 6.01. The molecular weight excluding hydrogens is 695 g/mol. The fraction of sp³-hybridized carbons (Fsp3) is 0.512. The van der Waals surface area contributed by atoms with Gasteiger partial charge in [0.1, 0.15) is 17.2 Å². The van der Waals surface area contributed by atoms with Crippen LogP contribution in [0.5, 0.6) is 0 Å². The second-order valence-electron chi connectivity index (χ2n) is 15.6. The minimum absolute atomic E-state index is 0.0153. The number of carbonyl (C=O) groups excluding carboxylic acids is 3. The zero-order chi connectivity index (χ0) is 37.9. The normalized spacial score (nSPS) is 20.3. The Bertz CT molecular complexity index is 1970. The Morgan fingerprint density at radius 3 is 2.09 bits per heavy atom. The number of aromatic nitrogens is 4. The fourth-order valence-corrected chi connectivity index (χ4v) is 8.66. The number of amides is 3. The van der Waals surface area contributed by atoms with Crippen molar-refractivity contribution in [1.82, 2.24) is 39.5 Å². The van der Waals surface area contributed by atoms with Crippen LogP contribution in [0.4, 0.5) is 23.1 Å². The van der Waals surface area contributed by atoms with Crippen molar-refractivity contribution in [2.45, 2.75) is 56.9 Å². The van der Waals surface area contributed by atoms with Crippen LogP contribution in [0.25, 0.3) is 11.0 Å². The van der Waals surface area contributed by atoms with Crippen LogP contribution in [0.2, 0.25) is 0 Å². The molecule has 1 atom stereocenters. The minimum Gasteiger partial charge on any atom is -0.369 e. The molecule has 3 aliphatic heterocycles. The molecule has 14 heteroatoms. The summed E-state index contributed by atoms with van der Waals surface area (Å²) in [6.45, 7) is 10.3. The number of imide groups is 1. The Balaban J connectivity index is 0.771. The van der Waals surface area contributed by atoms with E-state index in [1.165, 1.54) is 5.69 Å². The van der Waals surface area contributed by atoms with Crippen molar-refractivity contribution in [1.29, 1.82) is 0 Å². The Hall–Kier alpha value is -5.08. The molecule has 3 saturated heterocycles. The molecule has 8 rings (SSSR count). The van der Waals surface area contributed by atoms with Crippen LogP contribution in [-0.2, 0) is 9.59 Å². The average Bonchev–Trinajstić information content (AvgIpc) is 3.87. The summed E-state index contributed by atoms with van der Waals surface area (Å²) in [5, 5.41) is 6.63. The van der Waals surface area contributed by atoms with Crippen LogP contribution in [-0.4, -0.2) is 131 Å². The SMILES string of the molecule is CN(C)C(=O)c1cc2cnc(Nc3ccc(N4CCN(CCCN5CCN(c6ccc(C7CCC(=O)NC7=O)cc6)CC5)CC4)cn3)nc2n1C1CCCC1. The number of pyridine rings is 1. The van der Waals surface area contributed by atoms with Crippen molar-refractivity contribution in [2.24, 2.45) is 0 Å². The lowest BCUT2D eigenvalue weighted by molar-refractivity contribution is -0.134. The first-order chi connectivity index (χ1) is 26.8. The van der Waals surface area contributed by atoms with E-state index in [-0.39, 0.29) is 29.7 Å². The summed E-state index contributed by atoms with van der Waals surface area (Å²) in [4.78, 5) is 62.6. The third-order valence-corrected chi connectivity index (χ3v) is 11.8. The van der Waals surface area contributed by atoms with E-state index in [4.69, 9.17) is 9.97 Å². The number of hydrogen-bond acceptors (Lipinski definition) is 11. The number of anilines is 4. The molecule has 1 aromatic carbocycles. The molecule has 6 heterocycles. The number of piperazine rings is 2. The number of carbonyl (C=O) groups is 3. The first-order valence-corrected chi connectivity index (χ1v) is 20.0. The van der Waals surface area contributed by atoms with E-state index in [1.807, 2.05) is 30.5 Å². The molecule has 290 valence electrons. The van der Waals surface area contributed by atoms with Crippen molar-refractivity contribution < 1.29 is 14.4 Å². The smallest absolute Gasteiger partial charge is 0.270 e. The van der Waals surface area contributed by atoms with Crippen molar-refractivity contribution in [3.63, 3.8) is 0 Å². The van der Waals surface area contributed by atoms with Gasteiger partial charge in [-0.3, -0.25) is 29.5 Å². The summed E-state index contributed by atoms with van der Waals surface area (Å²) in [5.41, 5.74) is 4.76. The van der Waals surface area contributed by atoms with E-state index in [0.717, 1.165) is 120 Å². The molecular formula is C41H53N11O3. The average molecular weight is 748 g/mol. The number of rotatable bonds is 11. The van der Waals surface area contributed by atoms with Crippen LogP contribution < -0.4 is 20.4 Å². The van der Waals surface area contributed by atoms with Crippen LogP contribution in [0, 0.1) is 0 Å². The molecule has 1 aliphatic carbocycles. The van der Waals surface area contributed by atoms with Gasteiger partial charge in [-0.15, -0.1) is 0 Å². The standard InChI is InChI=1S/C41H53N11O3/c1-47(2)40(55)35-26-30-27-43-41(46-38(30)52(35)32-6-3-4-7-32)44-36-14-12-33(28-42-36)51-24-20-49(21-25-51)17-5-16-48-18-22-50(23-19-48)31-10-8-29(9-11-31)34-13-15-37(53)45-39(34)54/h8-12,14,26-28,32,34H,3-7,13,15-25H2,1-2H3,(H,45,53,54)(H,42,43,44,46). The zero-order valence-electron chi connectivity index (χ0n) is 32.1. The van der Waals surface area contributed by atoms with Gasteiger partial charge in [0.15, 0.2) is 0 Å². The van der Waals surface area contributed by atoms with Crippen molar-refractivity contribution in [3.05, 3.63) is 66.1 Å². The molecule has 55 heavy (non-hydrogen) atoms. The summed E-state index contributed by atoms with van der Waals surface area (Å²) >= 11 is 0. The van der Waals surface area contributed by atoms with Crippen molar-refractivity contribution in [3.8, 4) is 0 Å². The predicted octanol–water partition coefficient (Wildman–Crippen LogP) is 4.24. The quantitative estimate of drug-likeness (QED) is 0.214. The molecule has 0 radical (unpaired) electrons. The molecule has 4 aromatic rings. The summed E-state index contributed by atoms with van der Waals surface area (Å²) in [7, 11) is 3.58. The number of nitrogens with zero attached hydrogens (tertiary/aromatic N) is 9. The second kappa shape index (κ2) is 16.3. The molecule has 14 nitrogen and oxygen atoms in total. The second-order valence-corrected chi connectivity index (χ2v) is 15.6. The van der Waals surface area contributed by atoms with Crippen molar-refractivity contribution in [2.75, 3.05) is 94.7 Å². The van der Waals surface area contributed by atoms with Crippen LogP contribution >= 0.6 is 0 Å². The monoisotopic (exact) mass is 747 g/mol. The number of fused-ring (bicyclic) bond motifs is 1. The largest absolute Gasteiger partial charge is 0.369 e. The highest BCUT2D eigenvalue weighted by atomic mass is 16.2. The molecule has 3 amide bonds. The van der Waals surface area contributed by atoms with Crippen molar-refractivity contribution >= 4 is 51.9 Å². The van der Waals surface area contributed by atoms with Gasteiger partial charge in [0.05, 0.1) is 17.8 Å². The van der Waals surface area contributed by atoms with Gasteiger partial charge in [0, 0.05) is 96.2 Å². The number of hydrogen-bond donors (Lipinski definition) is 2. The van der Waals surface area contributed by atoms with Gasteiger partial charge in [-0.1, -0.05) is 25.0 Å². The number of nitrogens with one attached hydrogen (secondary N) is 2. The third-order valence-electron chi connectivity index (χ3n) is 11.8. The molecule has 4 fully saturated rings. The molecule has 3 aromatic heterocycles. The third kappa shape index (κ3) is 8.30. The zero-order valence-corrected chi connectivity index (χ0v) is 32.1. The Labute approximate surface area is 322 Å². The minimum atomic E-state index is -0.236. The van der Waals surface area contributed by atoms with E-state index < -0.39 is 0 Å². The fourth-order valence-electron chi connectivity index (χ4n) is 8.66. The van der Waals surface area contributed by atoms with Crippen LogP contribution in [0.15, 0.2) is 54.9 Å². The van der Waals surface area contributed by atoms with E-state index in [0.29, 0.717) is 30.3 Å². The van der Waals surface area contributed by atoms with Gasteiger partial charge in [-0.25, -0.2) is 9.97 Å². The molecule has 4 aliphatic rings. The maximum atomic E-state index is 13.1. The highest BCUT2D eigenvalue weighted by Gasteiger charge is 2.29. The lowest BCUT2D eigenvalue weighted by Crippen LogP contribution is -2.48. The maximum absolute atomic E-state index is 13.1. The molecule has 1 saturated carbocycles. The molecule has 0 spiro atoms. The predicted molar refractivity (Wildman–Crippen MR) is 214 cm³/mol. The first-order valence-electron chi connectivity index (χ1n) is 20.0. The van der Waals surface area contributed by atoms with E-state index in [1.54, 1.807) is 25.2 Å². The van der Waals surface area contributed by atoms with E-state index in [2.05, 4.69) is 58.0 Å². The topological polar surface area (TPSA) is 135 Å².